The van der Waals surface area contributed by atoms with E-state index in [-0.39, 0.29) is 11.7 Å². The van der Waals surface area contributed by atoms with Crippen molar-refractivity contribution in [3.63, 3.8) is 0 Å². The minimum Gasteiger partial charge on any atom is -0.338 e. The van der Waals surface area contributed by atoms with Crippen molar-refractivity contribution in [1.29, 1.82) is 0 Å². The van der Waals surface area contributed by atoms with Gasteiger partial charge in [0.05, 0.1) is 22.7 Å². The molecule has 8 nitrogen and oxygen atoms in total. The van der Waals surface area contributed by atoms with Crippen LogP contribution in [-0.2, 0) is 10.0 Å². The number of aryl methyl sites for hydroxylation is 2. The molecule has 2 aromatic rings. The van der Waals surface area contributed by atoms with Gasteiger partial charge in [-0.3, -0.25) is 4.79 Å². The molecule has 1 aromatic carbocycles. The monoisotopic (exact) mass is 553 g/mol. The summed E-state index contributed by atoms with van der Waals surface area (Å²) in [5, 5.41) is 0. The van der Waals surface area contributed by atoms with Crippen molar-refractivity contribution in [3.05, 3.63) is 59.2 Å². The fraction of sp³-hybridized carbons (Fsp3) is 0.633. The van der Waals surface area contributed by atoms with Gasteiger partial charge in [0.1, 0.15) is 6.33 Å². The predicted molar refractivity (Wildman–Crippen MR) is 153 cm³/mol. The Hall–Kier alpha value is -2.36. The first-order chi connectivity index (χ1) is 18.8. The third-order valence-corrected chi connectivity index (χ3v) is 11.3. The Morgan fingerprint density at radius 2 is 1.59 bits per heavy atom. The summed E-state index contributed by atoms with van der Waals surface area (Å²) >= 11 is 0. The number of likely N-dealkylation sites (tertiary alicyclic amines) is 2. The van der Waals surface area contributed by atoms with Crippen LogP contribution >= 0.6 is 0 Å². The maximum atomic E-state index is 13.3. The highest BCUT2D eigenvalue weighted by atomic mass is 32.2. The highest BCUT2D eigenvalue weighted by Gasteiger charge is 2.42. The molecule has 5 rings (SSSR count). The number of nitrogens with zero attached hydrogens (tertiary/aromatic N) is 5. The molecular weight excluding hydrogens is 510 g/mol. The van der Waals surface area contributed by atoms with Crippen LogP contribution < -0.4 is 0 Å². The van der Waals surface area contributed by atoms with Crippen LogP contribution in [0.1, 0.15) is 65.8 Å². The van der Waals surface area contributed by atoms with E-state index in [1.807, 2.05) is 25.7 Å². The van der Waals surface area contributed by atoms with Crippen LogP contribution in [0, 0.1) is 31.6 Å². The largest absolute Gasteiger partial charge is 0.338 e. The second-order valence-electron chi connectivity index (χ2n) is 11.8. The molecule has 3 aliphatic heterocycles. The van der Waals surface area contributed by atoms with Crippen molar-refractivity contribution < 1.29 is 13.2 Å². The fourth-order valence-electron chi connectivity index (χ4n) is 7.14. The molecule has 9 heteroatoms. The average molecular weight is 554 g/mol. The van der Waals surface area contributed by atoms with Crippen molar-refractivity contribution in [2.45, 2.75) is 52.4 Å². The lowest BCUT2D eigenvalue weighted by molar-refractivity contribution is 0.0771. The van der Waals surface area contributed by atoms with E-state index in [4.69, 9.17) is 0 Å². The molecule has 0 N–H and O–H groups in total. The summed E-state index contributed by atoms with van der Waals surface area (Å²) in [6, 6.07) is 10.8. The fourth-order valence-corrected chi connectivity index (χ4v) is 8.68. The second kappa shape index (κ2) is 12.0. The number of aromatic nitrogens is 2. The van der Waals surface area contributed by atoms with Crippen LogP contribution in [0.3, 0.4) is 0 Å². The van der Waals surface area contributed by atoms with E-state index in [9.17, 15) is 13.2 Å². The number of rotatable bonds is 9. The van der Waals surface area contributed by atoms with E-state index in [1.54, 1.807) is 4.31 Å². The third kappa shape index (κ3) is 6.20. The van der Waals surface area contributed by atoms with Gasteiger partial charge in [-0.15, -0.1) is 0 Å². The molecule has 0 bridgehead atoms. The van der Waals surface area contributed by atoms with Crippen LogP contribution in [0.2, 0.25) is 0 Å². The molecule has 3 unspecified atom stereocenters. The topological polar surface area (TPSA) is 86.7 Å². The zero-order valence-electron chi connectivity index (χ0n) is 23.6. The molecule has 3 saturated heterocycles. The molecule has 212 valence electrons. The lowest BCUT2D eigenvalue weighted by Gasteiger charge is -2.36. The summed E-state index contributed by atoms with van der Waals surface area (Å²) in [7, 11) is -3.12. The summed E-state index contributed by atoms with van der Waals surface area (Å²) in [4.78, 5) is 26.4. The number of carbonyl (C=O) groups excluding carboxylic acids is 1. The van der Waals surface area contributed by atoms with Crippen LogP contribution in [0.15, 0.2) is 36.7 Å². The molecule has 3 atom stereocenters. The summed E-state index contributed by atoms with van der Waals surface area (Å²) in [5.41, 5.74) is 3.55. The maximum Gasteiger partial charge on any atom is 0.257 e. The molecule has 0 saturated carbocycles. The standard InChI is InChI=1S/C30H43N5O3S/c1-4-16-39(37,38)35-14-10-25(11-15-35)28(24-8-6-5-7-9-24)12-13-33-17-26-19-34(20-27(26)18-33)30(36)29-22(2)31-21-32-23(29)3/h5-9,21,25-28H,4,10-20H2,1-3H3. The van der Waals surface area contributed by atoms with E-state index in [0.717, 1.165) is 63.4 Å². The van der Waals surface area contributed by atoms with Crippen LogP contribution in [-0.4, -0.2) is 90.0 Å². The summed E-state index contributed by atoms with van der Waals surface area (Å²) in [6.45, 7) is 11.7. The summed E-state index contributed by atoms with van der Waals surface area (Å²) in [6.07, 6.45) is 5.12. The van der Waals surface area contributed by atoms with Gasteiger partial charge in [-0.1, -0.05) is 37.3 Å². The Morgan fingerprint density at radius 1 is 0.974 bits per heavy atom. The normalized spacial score (nSPS) is 23.7. The average Bonchev–Trinajstić information content (AvgIpc) is 3.49. The smallest absolute Gasteiger partial charge is 0.257 e. The molecule has 3 aliphatic rings. The van der Waals surface area contributed by atoms with Gasteiger partial charge in [0.15, 0.2) is 0 Å². The van der Waals surface area contributed by atoms with Gasteiger partial charge in [0.25, 0.3) is 5.91 Å². The second-order valence-corrected chi connectivity index (χ2v) is 13.9. The first kappa shape index (κ1) is 28.2. The van der Waals surface area contributed by atoms with E-state index >= 15 is 0 Å². The van der Waals surface area contributed by atoms with Crippen LogP contribution in [0.5, 0.6) is 0 Å². The number of sulfonamides is 1. The van der Waals surface area contributed by atoms with Gasteiger partial charge in [0, 0.05) is 39.3 Å². The zero-order chi connectivity index (χ0) is 27.6. The van der Waals surface area contributed by atoms with Crippen LogP contribution in [0.25, 0.3) is 0 Å². The third-order valence-electron chi connectivity index (χ3n) is 9.20. The Labute approximate surface area is 233 Å². The molecule has 4 heterocycles. The predicted octanol–water partition coefficient (Wildman–Crippen LogP) is 3.72. The lowest BCUT2D eigenvalue weighted by atomic mass is 9.78. The Bertz CT molecular complexity index is 1210. The van der Waals surface area contributed by atoms with Gasteiger partial charge in [-0.05, 0) is 75.3 Å². The van der Waals surface area contributed by atoms with E-state index < -0.39 is 10.0 Å². The summed E-state index contributed by atoms with van der Waals surface area (Å²) < 4.78 is 26.9. The summed E-state index contributed by atoms with van der Waals surface area (Å²) in [5.74, 6) is 2.28. The van der Waals surface area contributed by atoms with Crippen molar-refractivity contribution in [1.82, 2.24) is 24.1 Å². The van der Waals surface area contributed by atoms with Crippen molar-refractivity contribution in [2.24, 2.45) is 17.8 Å². The number of carbonyl (C=O) groups is 1. The van der Waals surface area contributed by atoms with Crippen molar-refractivity contribution >= 4 is 15.9 Å². The highest BCUT2D eigenvalue weighted by Crippen LogP contribution is 2.38. The molecule has 3 fully saturated rings. The number of hydrogen-bond acceptors (Lipinski definition) is 6. The SMILES string of the molecule is CCCS(=O)(=O)N1CCC(C(CCN2CC3CN(C(=O)c4c(C)ncnc4C)CC3C2)c2ccccc2)CC1. The van der Waals surface area contributed by atoms with Gasteiger partial charge >= 0.3 is 0 Å². The lowest BCUT2D eigenvalue weighted by Crippen LogP contribution is -2.41. The molecular formula is C30H43N5O3S. The molecule has 0 aliphatic carbocycles. The number of piperidine rings is 1. The minimum atomic E-state index is -3.12. The molecule has 1 amide bonds. The van der Waals surface area contributed by atoms with E-state index in [1.165, 1.54) is 11.9 Å². The van der Waals surface area contributed by atoms with E-state index in [2.05, 4.69) is 45.2 Å². The number of amides is 1. The molecule has 39 heavy (non-hydrogen) atoms. The van der Waals surface area contributed by atoms with E-state index in [0.29, 0.717) is 48.7 Å². The number of hydrogen-bond donors (Lipinski definition) is 0. The van der Waals surface area contributed by atoms with Gasteiger partial charge in [-0.2, -0.15) is 0 Å². The Morgan fingerprint density at radius 3 is 2.18 bits per heavy atom. The number of benzene rings is 1. The highest BCUT2D eigenvalue weighted by molar-refractivity contribution is 7.89. The first-order valence-corrected chi connectivity index (χ1v) is 16.2. The number of fused-ring (bicyclic) bond motifs is 1. The van der Waals surface area contributed by atoms with Crippen molar-refractivity contribution in [3.8, 4) is 0 Å². The molecule has 0 radical (unpaired) electrons. The molecule has 0 spiro atoms. The zero-order valence-corrected chi connectivity index (χ0v) is 24.4. The van der Waals surface area contributed by atoms with Crippen LogP contribution in [0.4, 0.5) is 0 Å². The Kier molecular flexibility index (Phi) is 8.69. The Balaban J connectivity index is 1.17. The minimum absolute atomic E-state index is 0.0722. The van der Waals surface area contributed by atoms with Gasteiger partial charge in [0.2, 0.25) is 10.0 Å². The maximum absolute atomic E-state index is 13.3. The van der Waals surface area contributed by atoms with Gasteiger partial charge in [-0.25, -0.2) is 22.7 Å². The molecule has 1 aromatic heterocycles. The van der Waals surface area contributed by atoms with Crippen molar-refractivity contribution in [2.75, 3.05) is 51.6 Å². The quantitative estimate of drug-likeness (QED) is 0.471. The first-order valence-electron chi connectivity index (χ1n) is 14.6. The van der Waals surface area contributed by atoms with Gasteiger partial charge < -0.3 is 9.80 Å².